The largest absolute Gasteiger partial charge is 0.481 e. The van der Waals surface area contributed by atoms with Gasteiger partial charge in [0.15, 0.2) is 0 Å². The second-order valence-electron chi connectivity index (χ2n) is 7.89. The first-order valence-corrected chi connectivity index (χ1v) is 9.22. The molecule has 2 fully saturated rings. The quantitative estimate of drug-likeness (QED) is 0.860. The van der Waals surface area contributed by atoms with Crippen molar-refractivity contribution in [3.8, 4) is 0 Å². The van der Waals surface area contributed by atoms with Gasteiger partial charge in [0.05, 0.1) is 11.5 Å². The number of aliphatic carboxylic acids is 1. The molecule has 1 saturated carbocycles. The zero-order valence-corrected chi connectivity index (χ0v) is 15.3. The maximum absolute atomic E-state index is 12.8. The van der Waals surface area contributed by atoms with Crippen LogP contribution in [0.1, 0.15) is 51.5 Å². The Balaban J connectivity index is 1.71. The number of amides is 1. The van der Waals surface area contributed by atoms with E-state index in [1.165, 1.54) is 0 Å². The predicted octanol–water partition coefficient (Wildman–Crippen LogP) is 3.32. The van der Waals surface area contributed by atoms with E-state index in [-0.39, 0.29) is 17.9 Å². The number of carbonyl (C=O) groups excluding carboxylic acids is 1. The fourth-order valence-corrected chi connectivity index (χ4v) is 4.49. The lowest BCUT2D eigenvalue weighted by atomic mass is 9.81. The average Bonchev–Trinajstić information content (AvgIpc) is 3.12. The van der Waals surface area contributed by atoms with E-state index in [0.29, 0.717) is 19.0 Å². The van der Waals surface area contributed by atoms with Gasteiger partial charge in [-0.15, -0.1) is 0 Å². The molecule has 5 heteroatoms. The van der Waals surface area contributed by atoms with Crippen molar-refractivity contribution >= 4 is 17.6 Å². The Bertz CT molecular complexity index is 673. The number of fused-ring (bicyclic) bond motifs is 1. The van der Waals surface area contributed by atoms with Crippen LogP contribution in [-0.4, -0.2) is 41.0 Å². The summed E-state index contributed by atoms with van der Waals surface area (Å²) in [4.78, 5) is 26.6. The highest BCUT2D eigenvalue weighted by Gasteiger charge is 2.55. The van der Waals surface area contributed by atoms with Crippen LogP contribution in [0.5, 0.6) is 0 Å². The number of anilines is 1. The normalized spacial score (nSPS) is 27.3. The smallest absolute Gasteiger partial charge is 0.311 e. The van der Waals surface area contributed by atoms with Crippen LogP contribution < -0.4 is 5.32 Å². The van der Waals surface area contributed by atoms with Gasteiger partial charge in [-0.05, 0) is 43.2 Å². The van der Waals surface area contributed by atoms with Crippen molar-refractivity contribution in [1.29, 1.82) is 0 Å². The molecule has 2 aliphatic rings. The van der Waals surface area contributed by atoms with E-state index in [1.807, 2.05) is 36.1 Å². The van der Waals surface area contributed by atoms with Crippen LogP contribution in [0.2, 0.25) is 0 Å². The first kappa shape index (κ1) is 17.9. The lowest BCUT2D eigenvalue weighted by molar-refractivity contribution is -0.149. The fraction of sp³-hybridized carbons (Fsp3) is 0.600. The molecule has 0 spiro atoms. The van der Waals surface area contributed by atoms with E-state index >= 15 is 0 Å². The monoisotopic (exact) mass is 344 g/mol. The van der Waals surface area contributed by atoms with Gasteiger partial charge in [0.2, 0.25) is 5.91 Å². The van der Waals surface area contributed by atoms with Crippen LogP contribution in [0.3, 0.4) is 0 Å². The van der Waals surface area contributed by atoms with Crippen LogP contribution in [0.25, 0.3) is 0 Å². The number of nitrogens with one attached hydrogen (secondary N) is 1. The lowest BCUT2D eigenvalue weighted by Gasteiger charge is -2.27. The topological polar surface area (TPSA) is 69.6 Å². The molecule has 3 atom stereocenters. The molecular formula is C20H28N2O3. The number of benzene rings is 1. The van der Waals surface area contributed by atoms with Gasteiger partial charge >= 0.3 is 5.97 Å². The zero-order valence-electron chi connectivity index (χ0n) is 15.3. The number of likely N-dealkylation sites (tertiary alicyclic amines) is 1. The number of para-hydroxylation sites is 1. The SMILES string of the molecule is CC(C)c1ccccc1NC(=O)C(C)N1C[C@@H]2CCC[C@@]2(C(=O)O)C1. The maximum Gasteiger partial charge on any atom is 0.311 e. The van der Waals surface area contributed by atoms with Gasteiger partial charge in [0.1, 0.15) is 0 Å². The van der Waals surface area contributed by atoms with Gasteiger partial charge in [0, 0.05) is 18.8 Å². The number of hydrogen-bond donors (Lipinski definition) is 2. The molecule has 136 valence electrons. The molecule has 1 amide bonds. The van der Waals surface area contributed by atoms with Crippen molar-refractivity contribution in [2.45, 2.75) is 52.0 Å². The number of hydrogen-bond acceptors (Lipinski definition) is 3. The molecule has 1 aromatic rings. The molecule has 0 bridgehead atoms. The summed E-state index contributed by atoms with van der Waals surface area (Å²) in [6.45, 7) is 7.27. The summed E-state index contributed by atoms with van der Waals surface area (Å²) >= 11 is 0. The number of carbonyl (C=O) groups is 2. The molecule has 1 heterocycles. The standard InChI is InChI=1S/C20H28N2O3/c1-13(2)16-8-4-5-9-17(16)21-18(23)14(3)22-11-15-7-6-10-20(15,12-22)19(24)25/h4-5,8-9,13-15H,6-7,10-12H2,1-3H3,(H,21,23)(H,24,25)/t14?,15-,20+/m0/s1. The Hall–Kier alpha value is -1.88. The highest BCUT2D eigenvalue weighted by Crippen LogP contribution is 2.49. The van der Waals surface area contributed by atoms with E-state index < -0.39 is 11.4 Å². The van der Waals surface area contributed by atoms with Gasteiger partial charge in [-0.1, -0.05) is 38.5 Å². The highest BCUT2D eigenvalue weighted by molar-refractivity contribution is 5.95. The number of nitrogens with zero attached hydrogens (tertiary/aromatic N) is 1. The Morgan fingerprint density at radius 2 is 2.00 bits per heavy atom. The van der Waals surface area contributed by atoms with E-state index in [0.717, 1.165) is 30.5 Å². The number of rotatable bonds is 5. The van der Waals surface area contributed by atoms with E-state index in [2.05, 4.69) is 19.2 Å². The van der Waals surface area contributed by atoms with Gasteiger partial charge in [-0.2, -0.15) is 0 Å². The first-order valence-electron chi connectivity index (χ1n) is 9.22. The Morgan fingerprint density at radius 1 is 1.28 bits per heavy atom. The van der Waals surface area contributed by atoms with Gasteiger partial charge < -0.3 is 10.4 Å². The van der Waals surface area contributed by atoms with Crippen molar-refractivity contribution < 1.29 is 14.7 Å². The summed E-state index contributed by atoms with van der Waals surface area (Å²) in [7, 11) is 0. The van der Waals surface area contributed by atoms with E-state index in [4.69, 9.17) is 0 Å². The Morgan fingerprint density at radius 3 is 2.64 bits per heavy atom. The van der Waals surface area contributed by atoms with Crippen LogP contribution in [-0.2, 0) is 9.59 Å². The summed E-state index contributed by atoms with van der Waals surface area (Å²) in [5, 5.41) is 12.8. The van der Waals surface area contributed by atoms with Crippen LogP contribution >= 0.6 is 0 Å². The first-order chi connectivity index (χ1) is 11.8. The van der Waals surface area contributed by atoms with Crippen LogP contribution in [0, 0.1) is 11.3 Å². The minimum atomic E-state index is -0.699. The number of carboxylic acid groups (broad SMARTS) is 1. The molecule has 25 heavy (non-hydrogen) atoms. The summed E-state index contributed by atoms with van der Waals surface area (Å²) in [6.07, 6.45) is 2.66. The molecular weight excluding hydrogens is 316 g/mol. The second kappa shape index (κ2) is 6.79. The predicted molar refractivity (Wildman–Crippen MR) is 97.6 cm³/mol. The third-order valence-electron chi connectivity index (χ3n) is 6.09. The maximum atomic E-state index is 12.8. The van der Waals surface area contributed by atoms with Crippen molar-refractivity contribution in [3.05, 3.63) is 29.8 Å². The number of carboxylic acids is 1. The highest BCUT2D eigenvalue weighted by atomic mass is 16.4. The third-order valence-corrected chi connectivity index (χ3v) is 6.09. The molecule has 1 aromatic carbocycles. The summed E-state index contributed by atoms with van der Waals surface area (Å²) < 4.78 is 0. The summed E-state index contributed by atoms with van der Waals surface area (Å²) in [5.41, 5.74) is 1.31. The van der Waals surface area contributed by atoms with Crippen molar-refractivity contribution in [3.63, 3.8) is 0 Å². The third kappa shape index (κ3) is 3.17. The molecule has 1 unspecified atom stereocenters. The average molecular weight is 344 g/mol. The van der Waals surface area contributed by atoms with Crippen LogP contribution in [0.4, 0.5) is 5.69 Å². The molecule has 0 radical (unpaired) electrons. The van der Waals surface area contributed by atoms with Crippen molar-refractivity contribution in [1.82, 2.24) is 4.90 Å². The van der Waals surface area contributed by atoms with Gasteiger partial charge in [0.25, 0.3) is 0 Å². The molecule has 0 aromatic heterocycles. The van der Waals surface area contributed by atoms with Crippen LogP contribution in [0.15, 0.2) is 24.3 Å². The fourth-order valence-electron chi connectivity index (χ4n) is 4.49. The second-order valence-corrected chi connectivity index (χ2v) is 7.89. The Kier molecular flexibility index (Phi) is 4.87. The molecule has 1 aliphatic carbocycles. The molecule has 5 nitrogen and oxygen atoms in total. The molecule has 3 rings (SSSR count). The minimum absolute atomic E-state index is 0.0615. The lowest BCUT2D eigenvalue weighted by Crippen LogP contribution is -2.43. The van der Waals surface area contributed by atoms with E-state index in [1.54, 1.807) is 0 Å². The summed E-state index contributed by atoms with van der Waals surface area (Å²) in [5.74, 6) is -0.264. The Labute approximate surface area is 149 Å². The molecule has 2 N–H and O–H groups in total. The van der Waals surface area contributed by atoms with Gasteiger partial charge in [-0.3, -0.25) is 14.5 Å². The minimum Gasteiger partial charge on any atom is -0.481 e. The van der Waals surface area contributed by atoms with Crippen molar-refractivity contribution in [2.75, 3.05) is 18.4 Å². The van der Waals surface area contributed by atoms with E-state index in [9.17, 15) is 14.7 Å². The summed E-state index contributed by atoms with van der Waals surface area (Å²) in [6, 6.07) is 7.53. The molecule has 1 aliphatic heterocycles. The van der Waals surface area contributed by atoms with Gasteiger partial charge in [-0.25, -0.2) is 0 Å². The van der Waals surface area contributed by atoms with Crippen molar-refractivity contribution in [2.24, 2.45) is 11.3 Å². The molecule has 1 saturated heterocycles. The zero-order chi connectivity index (χ0) is 18.2.